The Morgan fingerprint density at radius 3 is 2.52 bits per heavy atom. The molecule has 1 aromatic carbocycles. The van der Waals surface area contributed by atoms with Crippen LogP contribution in [0, 0.1) is 0 Å². The number of H-pyrrole nitrogens is 1. The number of benzene rings is 1. The van der Waals surface area contributed by atoms with Crippen LogP contribution < -0.4 is 21.5 Å². The molecule has 9 nitrogen and oxygen atoms in total. The maximum Gasteiger partial charge on any atom is 0.329 e. The summed E-state index contributed by atoms with van der Waals surface area (Å²) >= 11 is 0. The van der Waals surface area contributed by atoms with E-state index in [4.69, 9.17) is 0 Å². The molecule has 1 amide bonds. The first kappa shape index (κ1) is 20.8. The summed E-state index contributed by atoms with van der Waals surface area (Å²) in [6.07, 6.45) is 0. The number of fused-ring (bicyclic) bond motifs is 1. The number of hydrogen-bond donors (Lipinski definition) is 2. The molecule has 0 spiro atoms. The summed E-state index contributed by atoms with van der Waals surface area (Å²) in [6, 6.07) is 13.6. The van der Waals surface area contributed by atoms with Crippen LogP contribution in [-0.2, 0) is 7.05 Å². The lowest BCUT2D eigenvalue weighted by atomic mass is 10.2. The van der Waals surface area contributed by atoms with Gasteiger partial charge in [0.1, 0.15) is 11.3 Å². The number of anilines is 1. The third-order valence-corrected chi connectivity index (χ3v) is 5.81. The second-order valence-electron chi connectivity index (χ2n) is 7.80. The highest BCUT2D eigenvalue weighted by Crippen LogP contribution is 2.16. The van der Waals surface area contributed by atoms with Crippen LogP contribution in [0.5, 0.6) is 0 Å². The Morgan fingerprint density at radius 2 is 1.81 bits per heavy atom. The molecule has 1 aliphatic rings. The maximum absolute atomic E-state index is 12.6. The molecule has 2 N–H and O–H groups in total. The van der Waals surface area contributed by atoms with Crippen molar-refractivity contribution in [3.05, 3.63) is 69.0 Å². The van der Waals surface area contributed by atoms with Gasteiger partial charge in [0.25, 0.3) is 11.5 Å². The number of carbonyl (C=O) groups is 1. The number of rotatable bonds is 5. The Kier molecular flexibility index (Phi) is 5.85. The van der Waals surface area contributed by atoms with E-state index < -0.39 is 11.2 Å². The maximum atomic E-state index is 12.6. The molecule has 4 rings (SSSR count). The van der Waals surface area contributed by atoms with Crippen molar-refractivity contribution in [3.63, 3.8) is 0 Å². The number of nitrogens with one attached hydrogen (secondary N) is 2. The van der Waals surface area contributed by atoms with Crippen LogP contribution in [0.3, 0.4) is 0 Å². The van der Waals surface area contributed by atoms with E-state index >= 15 is 0 Å². The fourth-order valence-electron chi connectivity index (χ4n) is 3.87. The van der Waals surface area contributed by atoms with Crippen molar-refractivity contribution >= 4 is 22.6 Å². The van der Waals surface area contributed by atoms with E-state index in [2.05, 4.69) is 56.3 Å². The van der Waals surface area contributed by atoms with Crippen LogP contribution in [0.2, 0.25) is 0 Å². The number of aromatic amines is 1. The second-order valence-corrected chi connectivity index (χ2v) is 7.80. The number of piperazine rings is 1. The molecule has 9 heteroatoms. The number of para-hydroxylation sites is 1. The zero-order valence-electron chi connectivity index (χ0n) is 17.7. The molecule has 2 aromatic heterocycles. The minimum absolute atomic E-state index is 0.175. The largest absolute Gasteiger partial charge is 0.369 e. The van der Waals surface area contributed by atoms with E-state index in [0.29, 0.717) is 6.54 Å². The summed E-state index contributed by atoms with van der Waals surface area (Å²) in [5.41, 5.74) is 0.519. The van der Waals surface area contributed by atoms with Gasteiger partial charge in [-0.3, -0.25) is 24.0 Å². The molecule has 1 unspecified atom stereocenters. The molecule has 31 heavy (non-hydrogen) atoms. The fraction of sp³-hybridized carbons (Fsp3) is 0.364. The van der Waals surface area contributed by atoms with Crippen molar-refractivity contribution in [1.29, 1.82) is 0 Å². The molecule has 0 bridgehead atoms. The van der Waals surface area contributed by atoms with Gasteiger partial charge in [0.2, 0.25) is 0 Å². The standard InChI is InChI=1S/C22H26N6O3/c1-15(27-10-12-28(13-11-27)16-6-4-3-5-7-16)14-23-21(30)18-9-8-17-19(24-18)26(2)22(31)25-20(17)29/h3-9,15H,10-14H2,1-2H3,(H,23,30)(H,25,29,31). The average molecular weight is 422 g/mol. The van der Waals surface area contributed by atoms with Crippen molar-refractivity contribution in [3.8, 4) is 0 Å². The number of pyridine rings is 1. The summed E-state index contributed by atoms with van der Waals surface area (Å²) in [4.78, 5) is 47.5. The van der Waals surface area contributed by atoms with Crippen LogP contribution >= 0.6 is 0 Å². The molecule has 3 heterocycles. The van der Waals surface area contributed by atoms with Crippen molar-refractivity contribution in [2.75, 3.05) is 37.6 Å². The lowest BCUT2D eigenvalue weighted by Crippen LogP contribution is -2.52. The van der Waals surface area contributed by atoms with Gasteiger partial charge < -0.3 is 10.2 Å². The van der Waals surface area contributed by atoms with Crippen molar-refractivity contribution < 1.29 is 4.79 Å². The molecule has 1 atom stereocenters. The Balaban J connectivity index is 1.36. The molecule has 162 valence electrons. The number of amides is 1. The minimum Gasteiger partial charge on any atom is -0.369 e. The molecular formula is C22H26N6O3. The van der Waals surface area contributed by atoms with Crippen molar-refractivity contribution in [2.45, 2.75) is 13.0 Å². The topological polar surface area (TPSA) is 103 Å². The molecule has 0 radical (unpaired) electrons. The minimum atomic E-state index is -0.564. The van der Waals surface area contributed by atoms with Gasteiger partial charge in [0, 0.05) is 51.5 Å². The number of hydrogen-bond acceptors (Lipinski definition) is 6. The molecule has 0 aliphatic carbocycles. The van der Waals surface area contributed by atoms with Crippen LogP contribution in [0.4, 0.5) is 5.69 Å². The number of nitrogens with zero attached hydrogens (tertiary/aromatic N) is 4. The summed E-state index contributed by atoms with van der Waals surface area (Å²) < 4.78 is 1.22. The van der Waals surface area contributed by atoms with E-state index in [1.807, 2.05) is 6.07 Å². The molecular weight excluding hydrogens is 396 g/mol. The first-order valence-corrected chi connectivity index (χ1v) is 10.4. The highest BCUT2D eigenvalue weighted by atomic mass is 16.2. The highest BCUT2D eigenvalue weighted by molar-refractivity contribution is 5.94. The van der Waals surface area contributed by atoms with E-state index in [1.165, 1.54) is 29.4 Å². The Bertz CT molecular complexity index is 1200. The Hall–Kier alpha value is -3.46. The highest BCUT2D eigenvalue weighted by Gasteiger charge is 2.22. The van der Waals surface area contributed by atoms with Crippen LogP contribution in [0.15, 0.2) is 52.1 Å². The predicted octanol–water partition coefficient (Wildman–Crippen LogP) is 0.562. The summed E-state index contributed by atoms with van der Waals surface area (Å²) in [5.74, 6) is -0.329. The van der Waals surface area contributed by atoms with Crippen molar-refractivity contribution in [1.82, 2.24) is 24.8 Å². The quantitative estimate of drug-likeness (QED) is 0.623. The molecule has 0 saturated carbocycles. The summed E-state index contributed by atoms with van der Waals surface area (Å²) in [7, 11) is 1.51. The normalized spacial score (nSPS) is 15.7. The van der Waals surface area contributed by atoms with Gasteiger partial charge in [-0.2, -0.15) is 0 Å². The first-order valence-electron chi connectivity index (χ1n) is 10.4. The lowest BCUT2D eigenvalue weighted by Gasteiger charge is -2.39. The third-order valence-electron chi connectivity index (χ3n) is 5.81. The summed E-state index contributed by atoms with van der Waals surface area (Å²) in [5, 5.41) is 3.19. The van der Waals surface area contributed by atoms with E-state index in [9.17, 15) is 14.4 Å². The lowest BCUT2D eigenvalue weighted by molar-refractivity contribution is 0.0929. The zero-order chi connectivity index (χ0) is 22.0. The zero-order valence-corrected chi connectivity index (χ0v) is 17.7. The van der Waals surface area contributed by atoms with E-state index in [-0.39, 0.29) is 28.7 Å². The molecule has 1 aliphatic heterocycles. The summed E-state index contributed by atoms with van der Waals surface area (Å²) in [6.45, 7) is 6.30. The third kappa shape index (κ3) is 4.36. The monoisotopic (exact) mass is 422 g/mol. The second kappa shape index (κ2) is 8.73. The Labute approximate surface area is 179 Å². The number of carbonyl (C=O) groups excluding carboxylic acids is 1. The van der Waals surface area contributed by atoms with Gasteiger partial charge in [-0.15, -0.1) is 0 Å². The Morgan fingerprint density at radius 1 is 1.10 bits per heavy atom. The molecule has 3 aromatic rings. The smallest absolute Gasteiger partial charge is 0.329 e. The van der Waals surface area contributed by atoms with Crippen LogP contribution in [0.25, 0.3) is 11.0 Å². The van der Waals surface area contributed by atoms with Gasteiger partial charge in [0.15, 0.2) is 0 Å². The van der Waals surface area contributed by atoms with Gasteiger partial charge in [-0.05, 0) is 31.2 Å². The fourth-order valence-corrected chi connectivity index (χ4v) is 3.87. The average Bonchev–Trinajstić information content (AvgIpc) is 2.81. The predicted molar refractivity (Wildman–Crippen MR) is 120 cm³/mol. The molecule has 1 saturated heterocycles. The van der Waals surface area contributed by atoms with Crippen LogP contribution in [-0.4, -0.2) is 64.1 Å². The number of aromatic nitrogens is 3. The van der Waals surface area contributed by atoms with Gasteiger partial charge in [-0.1, -0.05) is 18.2 Å². The van der Waals surface area contributed by atoms with Crippen LogP contribution in [0.1, 0.15) is 17.4 Å². The van der Waals surface area contributed by atoms with E-state index in [0.717, 1.165) is 26.2 Å². The van der Waals surface area contributed by atoms with E-state index in [1.54, 1.807) is 0 Å². The molecule has 1 fully saturated rings. The van der Waals surface area contributed by atoms with Crippen molar-refractivity contribution in [2.24, 2.45) is 7.05 Å². The number of aryl methyl sites for hydroxylation is 1. The van der Waals surface area contributed by atoms with Gasteiger partial charge in [0.05, 0.1) is 5.39 Å². The van der Waals surface area contributed by atoms with Gasteiger partial charge >= 0.3 is 5.69 Å². The van der Waals surface area contributed by atoms with Gasteiger partial charge in [-0.25, -0.2) is 9.78 Å². The SMILES string of the molecule is CC(CNC(=O)c1ccc2c(=O)[nH]c(=O)n(C)c2n1)N1CCN(c2ccccc2)CC1. The first-order chi connectivity index (χ1) is 14.9.